The molecule has 4 heteroatoms. The topological polar surface area (TPSA) is 66.0 Å². The van der Waals surface area contributed by atoms with Gasteiger partial charge in [-0.25, -0.2) is 0 Å². The van der Waals surface area contributed by atoms with Crippen LogP contribution >= 0.6 is 0 Å². The Balaban J connectivity index is 2.66. The molecule has 0 aliphatic carbocycles. The van der Waals surface area contributed by atoms with Gasteiger partial charge >= 0.3 is 5.97 Å². The van der Waals surface area contributed by atoms with Crippen LogP contribution in [0.3, 0.4) is 0 Å². The molecule has 0 spiro atoms. The highest BCUT2D eigenvalue weighted by Gasteiger charge is 2.14. The van der Waals surface area contributed by atoms with E-state index < -0.39 is 5.97 Å². The number of rotatable bonds is 5. The second-order valence-corrected chi connectivity index (χ2v) is 3.57. The first-order valence-electron chi connectivity index (χ1n) is 4.89. The van der Waals surface area contributed by atoms with Gasteiger partial charge < -0.3 is 5.11 Å². The maximum Gasteiger partial charge on any atom is 0.306 e. The summed E-state index contributed by atoms with van der Waals surface area (Å²) in [5, 5.41) is 15.6. The third kappa shape index (κ3) is 2.58. The van der Waals surface area contributed by atoms with Gasteiger partial charge in [-0.3, -0.25) is 9.89 Å². The maximum absolute atomic E-state index is 10.7. The minimum atomic E-state index is -0.756. The summed E-state index contributed by atoms with van der Waals surface area (Å²) in [6.45, 7) is 3.80. The van der Waals surface area contributed by atoms with Crippen LogP contribution < -0.4 is 0 Å². The van der Waals surface area contributed by atoms with E-state index in [9.17, 15) is 4.79 Å². The van der Waals surface area contributed by atoms with E-state index in [1.165, 1.54) is 0 Å². The number of nitrogens with one attached hydrogen (secondary N) is 1. The van der Waals surface area contributed by atoms with E-state index in [0.717, 1.165) is 24.1 Å². The highest BCUT2D eigenvalue weighted by molar-refractivity contribution is 5.69. The van der Waals surface area contributed by atoms with E-state index in [1.54, 1.807) is 13.1 Å². The summed E-state index contributed by atoms with van der Waals surface area (Å²) < 4.78 is 0. The van der Waals surface area contributed by atoms with Crippen LogP contribution in [0.4, 0.5) is 0 Å². The molecule has 0 saturated carbocycles. The van der Waals surface area contributed by atoms with Crippen LogP contribution in [-0.2, 0) is 17.6 Å². The largest absolute Gasteiger partial charge is 0.481 e. The Labute approximate surface area is 83.3 Å². The van der Waals surface area contributed by atoms with E-state index in [1.807, 2.05) is 0 Å². The number of aromatic amines is 1. The van der Waals surface area contributed by atoms with Crippen molar-refractivity contribution >= 4 is 5.97 Å². The van der Waals surface area contributed by atoms with Gasteiger partial charge in [0.25, 0.3) is 0 Å². The SMILES string of the molecule is CCCc1[nH]ncc1CC(C)C(=O)O. The van der Waals surface area contributed by atoms with Crippen molar-refractivity contribution in [2.45, 2.75) is 33.1 Å². The fourth-order valence-corrected chi connectivity index (χ4v) is 1.40. The Hall–Kier alpha value is -1.32. The molecule has 0 aliphatic rings. The molecule has 0 aliphatic heterocycles. The monoisotopic (exact) mass is 196 g/mol. The molecule has 78 valence electrons. The normalized spacial score (nSPS) is 12.7. The van der Waals surface area contributed by atoms with Gasteiger partial charge in [0.2, 0.25) is 0 Å². The predicted octanol–water partition coefficient (Wildman–Crippen LogP) is 1.63. The average Bonchev–Trinajstić information content (AvgIpc) is 2.53. The first-order chi connectivity index (χ1) is 6.65. The van der Waals surface area contributed by atoms with Gasteiger partial charge in [0, 0.05) is 5.69 Å². The standard InChI is InChI=1S/C10H16N2O2/c1-3-4-9-8(6-11-12-9)5-7(2)10(13)14/h6-7H,3-5H2,1-2H3,(H,11,12)(H,13,14). The summed E-state index contributed by atoms with van der Waals surface area (Å²) in [6, 6.07) is 0. The van der Waals surface area contributed by atoms with E-state index in [4.69, 9.17) is 5.11 Å². The van der Waals surface area contributed by atoms with E-state index in [2.05, 4.69) is 17.1 Å². The Morgan fingerprint density at radius 2 is 2.43 bits per heavy atom. The number of nitrogens with zero attached hydrogens (tertiary/aromatic N) is 1. The van der Waals surface area contributed by atoms with Crippen molar-refractivity contribution in [3.63, 3.8) is 0 Å². The fourth-order valence-electron chi connectivity index (χ4n) is 1.40. The van der Waals surface area contributed by atoms with Crippen LogP contribution in [0.5, 0.6) is 0 Å². The first-order valence-corrected chi connectivity index (χ1v) is 4.89. The molecule has 1 aromatic rings. The van der Waals surface area contributed by atoms with Gasteiger partial charge in [0.1, 0.15) is 0 Å². The molecule has 0 saturated heterocycles. The Bertz CT molecular complexity index is 307. The molecule has 14 heavy (non-hydrogen) atoms. The summed E-state index contributed by atoms with van der Waals surface area (Å²) in [7, 11) is 0. The average molecular weight is 196 g/mol. The van der Waals surface area contributed by atoms with Crippen molar-refractivity contribution in [1.82, 2.24) is 10.2 Å². The minimum absolute atomic E-state index is 0.344. The maximum atomic E-state index is 10.7. The molecular weight excluding hydrogens is 180 g/mol. The fraction of sp³-hybridized carbons (Fsp3) is 0.600. The molecule has 0 fully saturated rings. The Morgan fingerprint density at radius 1 is 1.71 bits per heavy atom. The second-order valence-electron chi connectivity index (χ2n) is 3.57. The summed E-state index contributed by atoms with van der Waals surface area (Å²) >= 11 is 0. The highest BCUT2D eigenvalue weighted by atomic mass is 16.4. The molecule has 0 radical (unpaired) electrons. The molecule has 1 atom stereocenters. The lowest BCUT2D eigenvalue weighted by molar-refractivity contribution is -0.141. The third-order valence-electron chi connectivity index (χ3n) is 2.26. The molecule has 0 aromatic carbocycles. The Kier molecular flexibility index (Phi) is 3.68. The zero-order valence-corrected chi connectivity index (χ0v) is 8.58. The van der Waals surface area contributed by atoms with Gasteiger partial charge in [-0.1, -0.05) is 20.3 Å². The second kappa shape index (κ2) is 4.79. The van der Waals surface area contributed by atoms with Crippen molar-refractivity contribution in [2.75, 3.05) is 0 Å². The van der Waals surface area contributed by atoms with E-state index >= 15 is 0 Å². The number of hydrogen-bond acceptors (Lipinski definition) is 2. The molecular formula is C10H16N2O2. The number of H-pyrrole nitrogens is 1. The number of carboxylic acids is 1. The number of aromatic nitrogens is 2. The van der Waals surface area contributed by atoms with Crippen molar-refractivity contribution in [1.29, 1.82) is 0 Å². The summed E-state index contributed by atoms with van der Waals surface area (Å²) in [6.07, 6.45) is 4.25. The smallest absolute Gasteiger partial charge is 0.306 e. The molecule has 4 nitrogen and oxygen atoms in total. The van der Waals surface area contributed by atoms with Crippen molar-refractivity contribution < 1.29 is 9.90 Å². The lowest BCUT2D eigenvalue weighted by Crippen LogP contribution is -2.12. The van der Waals surface area contributed by atoms with Crippen LogP contribution in [0.1, 0.15) is 31.5 Å². The number of aryl methyl sites for hydroxylation is 1. The zero-order chi connectivity index (χ0) is 10.6. The van der Waals surface area contributed by atoms with Crippen molar-refractivity contribution in [2.24, 2.45) is 5.92 Å². The quantitative estimate of drug-likeness (QED) is 0.752. The first kappa shape index (κ1) is 10.8. The van der Waals surface area contributed by atoms with Gasteiger partial charge in [-0.05, 0) is 18.4 Å². The number of aliphatic carboxylic acids is 1. The number of carboxylic acid groups (broad SMARTS) is 1. The number of hydrogen-bond donors (Lipinski definition) is 2. The molecule has 1 aromatic heterocycles. The van der Waals surface area contributed by atoms with E-state index in [-0.39, 0.29) is 5.92 Å². The molecule has 1 heterocycles. The van der Waals surface area contributed by atoms with Crippen LogP contribution in [0.15, 0.2) is 6.20 Å². The zero-order valence-electron chi connectivity index (χ0n) is 8.58. The minimum Gasteiger partial charge on any atom is -0.481 e. The molecule has 1 rings (SSSR count). The molecule has 2 N–H and O–H groups in total. The van der Waals surface area contributed by atoms with Gasteiger partial charge in [-0.15, -0.1) is 0 Å². The van der Waals surface area contributed by atoms with Crippen LogP contribution in [0.2, 0.25) is 0 Å². The van der Waals surface area contributed by atoms with Crippen molar-refractivity contribution in [3.8, 4) is 0 Å². The predicted molar refractivity (Wildman–Crippen MR) is 53.1 cm³/mol. The highest BCUT2D eigenvalue weighted by Crippen LogP contribution is 2.13. The van der Waals surface area contributed by atoms with Gasteiger partial charge in [-0.2, -0.15) is 5.10 Å². The molecule has 0 bridgehead atoms. The summed E-state index contributed by atoms with van der Waals surface area (Å²) in [5.41, 5.74) is 2.10. The molecule has 1 unspecified atom stereocenters. The lowest BCUT2D eigenvalue weighted by atomic mass is 10.0. The van der Waals surface area contributed by atoms with Crippen LogP contribution in [-0.4, -0.2) is 21.3 Å². The summed E-state index contributed by atoms with van der Waals surface area (Å²) in [5.74, 6) is -1.10. The van der Waals surface area contributed by atoms with Crippen molar-refractivity contribution in [3.05, 3.63) is 17.5 Å². The Morgan fingerprint density at radius 3 is 3.00 bits per heavy atom. The molecule has 0 amide bonds. The van der Waals surface area contributed by atoms with Gasteiger partial charge in [0.15, 0.2) is 0 Å². The van der Waals surface area contributed by atoms with Gasteiger partial charge in [0.05, 0.1) is 12.1 Å². The number of carbonyl (C=O) groups is 1. The third-order valence-corrected chi connectivity index (χ3v) is 2.26. The van der Waals surface area contributed by atoms with Crippen LogP contribution in [0.25, 0.3) is 0 Å². The van der Waals surface area contributed by atoms with E-state index in [0.29, 0.717) is 6.42 Å². The lowest BCUT2D eigenvalue weighted by Gasteiger charge is -2.05. The van der Waals surface area contributed by atoms with Crippen LogP contribution in [0, 0.1) is 5.92 Å². The summed E-state index contributed by atoms with van der Waals surface area (Å²) in [4.78, 5) is 10.7.